The van der Waals surface area contributed by atoms with E-state index in [1.807, 2.05) is 56.3 Å². The molecule has 33 heavy (non-hydrogen) atoms. The second-order valence-corrected chi connectivity index (χ2v) is 8.13. The second-order valence-electron chi connectivity index (χ2n) is 8.13. The first-order chi connectivity index (χ1) is 15.8. The molecule has 0 saturated carbocycles. The van der Waals surface area contributed by atoms with Crippen LogP contribution < -0.4 is 10.7 Å². The summed E-state index contributed by atoms with van der Waals surface area (Å²) in [4.78, 5) is 24.7. The summed E-state index contributed by atoms with van der Waals surface area (Å²) in [5.41, 5.74) is 9.32. The Labute approximate surface area is 192 Å². The topological polar surface area (TPSA) is 75.5 Å². The molecule has 166 valence electrons. The van der Waals surface area contributed by atoms with Gasteiger partial charge < -0.3 is 9.88 Å². The molecule has 4 aromatic rings. The molecule has 6 nitrogen and oxygen atoms in total. The van der Waals surface area contributed by atoms with Crippen LogP contribution in [0.15, 0.2) is 71.8 Å². The normalized spacial score (nSPS) is 11.2. The Bertz CT molecular complexity index is 1390. The van der Waals surface area contributed by atoms with Gasteiger partial charge in [0.1, 0.15) is 0 Å². The van der Waals surface area contributed by atoms with Gasteiger partial charge in [0.25, 0.3) is 0 Å². The zero-order valence-corrected chi connectivity index (χ0v) is 19.1. The van der Waals surface area contributed by atoms with Crippen molar-refractivity contribution in [3.63, 3.8) is 0 Å². The Morgan fingerprint density at radius 3 is 2.42 bits per heavy atom. The van der Waals surface area contributed by atoms with Crippen LogP contribution in [-0.4, -0.2) is 22.6 Å². The molecule has 4 rings (SSSR count). The molecule has 0 fully saturated rings. The summed E-state index contributed by atoms with van der Waals surface area (Å²) >= 11 is 0. The highest BCUT2D eigenvalue weighted by molar-refractivity contribution is 6.40. The average Bonchev–Trinajstić information content (AvgIpc) is 3.07. The minimum Gasteiger partial charge on any atom is -0.318 e. The minimum atomic E-state index is -0.831. The summed E-state index contributed by atoms with van der Waals surface area (Å²) in [7, 11) is 0. The SMILES string of the molecule is Cc1ccc(-n2c(C)cc(C=NNC(=O)C(=O)Nc3cccc4ccccc34)c2C)c(C)c1. The van der Waals surface area contributed by atoms with Crippen LogP contribution in [0.1, 0.15) is 28.1 Å². The zero-order chi connectivity index (χ0) is 23.5. The molecule has 0 spiro atoms. The van der Waals surface area contributed by atoms with Crippen molar-refractivity contribution in [2.45, 2.75) is 27.7 Å². The van der Waals surface area contributed by atoms with E-state index in [1.54, 1.807) is 12.3 Å². The second kappa shape index (κ2) is 9.12. The lowest BCUT2D eigenvalue weighted by atomic mass is 10.1. The number of carbonyl (C=O) groups excluding carboxylic acids is 2. The highest BCUT2D eigenvalue weighted by atomic mass is 16.2. The monoisotopic (exact) mass is 438 g/mol. The maximum absolute atomic E-state index is 12.4. The summed E-state index contributed by atoms with van der Waals surface area (Å²) < 4.78 is 2.16. The molecule has 0 unspecified atom stereocenters. The van der Waals surface area contributed by atoms with Crippen LogP contribution >= 0.6 is 0 Å². The molecular formula is C27H26N4O2. The number of amides is 2. The predicted molar refractivity (Wildman–Crippen MR) is 133 cm³/mol. The summed E-state index contributed by atoms with van der Waals surface area (Å²) in [6.45, 7) is 8.19. The van der Waals surface area contributed by atoms with Gasteiger partial charge in [-0.3, -0.25) is 9.59 Å². The number of hydrogen-bond donors (Lipinski definition) is 2. The van der Waals surface area contributed by atoms with Crippen LogP contribution in [0.25, 0.3) is 16.5 Å². The van der Waals surface area contributed by atoms with Gasteiger partial charge in [-0.25, -0.2) is 5.43 Å². The first-order valence-electron chi connectivity index (χ1n) is 10.7. The Hall–Kier alpha value is -4.19. The fourth-order valence-corrected chi connectivity index (χ4v) is 4.07. The minimum absolute atomic E-state index is 0.578. The molecule has 0 aliphatic heterocycles. The smallest absolute Gasteiger partial charge is 0.318 e. The van der Waals surface area contributed by atoms with E-state index in [-0.39, 0.29) is 0 Å². The molecule has 1 aromatic heterocycles. The van der Waals surface area contributed by atoms with E-state index in [1.165, 1.54) is 11.1 Å². The number of anilines is 1. The van der Waals surface area contributed by atoms with Gasteiger partial charge in [-0.05, 0) is 56.8 Å². The summed E-state index contributed by atoms with van der Waals surface area (Å²) in [5, 5.41) is 8.52. The number of benzene rings is 3. The van der Waals surface area contributed by atoms with E-state index in [2.05, 4.69) is 52.5 Å². The Morgan fingerprint density at radius 2 is 1.64 bits per heavy atom. The third kappa shape index (κ3) is 4.55. The van der Waals surface area contributed by atoms with E-state index in [0.29, 0.717) is 5.69 Å². The van der Waals surface area contributed by atoms with E-state index in [9.17, 15) is 9.59 Å². The van der Waals surface area contributed by atoms with Crippen LogP contribution in [0.3, 0.4) is 0 Å². The standard InChI is InChI=1S/C27H26N4O2/c1-17-12-13-25(18(2)14-17)31-19(3)15-22(20(31)4)16-28-30-27(33)26(32)29-24-11-7-9-21-8-5-6-10-23(21)24/h5-16H,1-4H3,(H,29,32)(H,30,33). The number of hydrogen-bond acceptors (Lipinski definition) is 3. The zero-order valence-electron chi connectivity index (χ0n) is 19.1. The van der Waals surface area contributed by atoms with E-state index >= 15 is 0 Å². The fourth-order valence-electron chi connectivity index (χ4n) is 4.07. The maximum Gasteiger partial charge on any atom is 0.329 e. The van der Waals surface area contributed by atoms with Crippen molar-refractivity contribution in [2.75, 3.05) is 5.32 Å². The predicted octanol–water partition coefficient (Wildman–Crippen LogP) is 4.95. The van der Waals surface area contributed by atoms with Crippen LogP contribution in [0.2, 0.25) is 0 Å². The molecule has 0 bridgehead atoms. The number of rotatable bonds is 4. The number of nitrogens with zero attached hydrogens (tertiary/aromatic N) is 2. The van der Waals surface area contributed by atoms with Crippen LogP contribution in [-0.2, 0) is 9.59 Å². The van der Waals surface area contributed by atoms with Crippen molar-refractivity contribution in [3.8, 4) is 5.69 Å². The lowest BCUT2D eigenvalue weighted by molar-refractivity contribution is -0.136. The molecule has 1 heterocycles. The van der Waals surface area contributed by atoms with Crippen molar-refractivity contribution in [1.82, 2.24) is 9.99 Å². The van der Waals surface area contributed by atoms with Crippen molar-refractivity contribution in [2.24, 2.45) is 5.10 Å². The van der Waals surface area contributed by atoms with Crippen molar-refractivity contribution >= 4 is 34.5 Å². The van der Waals surface area contributed by atoms with E-state index in [4.69, 9.17) is 0 Å². The Kier molecular flexibility index (Phi) is 6.09. The van der Waals surface area contributed by atoms with Gasteiger partial charge in [0.15, 0.2) is 0 Å². The molecule has 2 N–H and O–H groups in total. The lowest BCUT2D eigenvalue weighted by Crippen LogP contribution is -2.32. The van der Waals surface area contributed by atoms with Gasteiger partial charge in [0.2, 0.25) is 0 Å². The summed E-state index contributed by atoms with van der Waals surface area (Å²) in [5.74, 6) is -1.60. The van der Waals surface area contributed by atoms with Gasteiger partial charge in [-0.2, -0.15) is 5.10 Å². The van der Waals surface area contributed by atoms with Crippen molar-refractivity contribution in [3.05, 3.63) is 94.8 Å². The number of aromatic nitrogens is 1. The molecule has 6 heteroatoms. The third-order valence-corrected chi connectivity index (χ3v) is 5.68. The van der Waals surface area contributed by atoms with Crippen LogP contribution in [0.5, 0.6) is 0 Å². The van der Waals surface area contributed by atoms with Crippen LogP contribution in [0, 0.1) is 27.7 Å². The number of nitrogens with one attached hydrogen (secondary N) is 2. The molecule has 0 saturated heterocycles. The highest BCUT2D eigenvalue weighted by Gasteiger charge is 2.15. The van der Waals surface area contributed by atoms with Gasteiger partial charge >= 0.3 is 11.8 Å². The van der Waals surface area contributed by atoms with Crippen molar-refractivity contribution < 1.29 is 9.59 Å². The Balaban J connectivity index is 1.47. The molecule has 2 amide bonds. The molecule has 0 atom stereocenters. The van der Waals surface area contributed by atoms with E-state index in [0.717, 1.165) is 33.4 Å². The number of fused-ring (bicyclic) bond motifs is 1. The maximum atomic E-state index is 12.4. The first kappa shape index (κ1) is 22.0. The van der Waals surface area contributed by atoms with Gasteiger partial charge in [-0.1, -0.05) is 54.1 Å². The van der Waals surface area contributed by atoms with Gasteiger partial charge in [-0.15, -0.1) is 0 Å². The summed E-state index contributed by atoms with van der Waals surface area (Å²) in [6.07, 6.45) is 1.56. The number of aryl methyl sites for hydroxylation is 3. The van der Waals surface area contributed by atoms with Crippen LogP contribution in [0.4, 0.5) is 5.69 Å². The number of carbonyl (C=O) groups is 2. The molecular weight excluding hydrogens is 412 g/mol. The largest absolute Gasteiger partial charge is 0.329 e. The van der Waals surface area contributed by atoms with E-state index < -0.39 is 11.8 Å². The fraction of sp³-hybridized carbons (Fsp3) is 0.148. The van der Waals surface area contributed by atoms with Gasteiger partial charge in [0.05, 0.1) is 6.21 Å². The quantitative estimate of drug-likeness (QED) is 0.269. The van der Waals surface area contributed by atoms with Crippen molar-refractivity contribution in [1.29, 1.82) is 0 Å². The third-order valence-electron chi connectivity index (χ3n) is 5.68. The highest BCUT2D eigenvalue weighted by Crippen LogP contribution is 2.24. The lowest BCUT2D eigenvalue weighted by Gasteiger charge is -2.13. The average molecular weight is 439 g/mol. The first-order valence-corrected chi connectivity index (χ1v) is 10.7. The molecule has 0 radical (unpaired) electrons. The molecule has 3 aromatic carbocycles. The molecule has 0 aliphatic carbocycles. The Morgan fingerprint density at radius 1 is 0.879 bits per heavy atom. The molecule has 0 aliphatic rings. The van der Waals surface area contributed by atoms with Gasteiger partial charge in [0, 0.05) is 33.7 Å². The number of hydrazone groups is 1. The summed E-state index contributed by atoms with van der Waals surface area (Å²) in [6, 6.07) is 21.5.